The lowest BCUT2D eigenvalue weighted by Gasteiger charge is -2.14. The molecular weight excluding hydrogens is 352 g/mol. The van der Waals surface area contributed by atoms with Gasteiger partial charge in [0.05, 0.1) is 5.02 Å². The van der Waals surface area contributed by atoms with E-state index in [1.54, 1.807) is 36.4 Å². The molecule has 1 heterocycles. The normalized spacial score (nSPS) is 13.7. The van der Waals surface area contributed by atoms with Crippen LogP contribution in [0.15, 0.2) is 48.5 Å². The van der Waals surface area contributed by atoms with E-state index in [1.807, 2.05) is 17.0 Å². The lowest BCUT2D eigenvalue weighted by atomic mass is 10.2. The van der Waals surface area contributed by atoms with Gasteiger partial charge in [-0.3, -0.25) is 9.59 Å². The van der Waals surface area contributed by atoms with Gasteiger partial charge in [0, 0.05) is 31.6 Å². The van der Waals surface area contributed by atoms with Crippen LogP contribution in [-0.4, -0.2) is 29.8 Å². The van der Waals surface area contributed by atoms with E-state index < -0.39 is 0 Å². The fourth-order valence-corrected chi connectivity index (χ4v) is 3.03. The number of nitrogens with one attached hydrogen (secondary N) is 1. The molecule has 0 radical (unpaired) electrons. The molecule has 1 saturated heterocycles. The summed E-state index contributed by atoms with van der Waals surface area (Å²) in [6.07, 6.45) is 2.62. The second kappa shape index (κ2) is 8.72. The molecule has 2 amide bonds. The highest BCUT2D eigenvalue weighted by molar-refractivity contribution is 6.32. The van der Waals surface area contributed by atoms with Crippen LogP contribution < -0.4 is 10.1 Å². The zero-order valence-electron chi connectivity index (χ0n) is 14.4. The summed E-state index contributed by atoms with van der Waals surface area (Å²) in [4.78, 5) is 25.4. The van der Waals surface area contributed by atoms with Crippen molar-refractivity contribution in [1.82, 2.24) is 4.90 Å². The highest BCUT2D eigenvalue weighted by atomic mass is 35.5. The van der Waals surface area contributed by atoms with Crippen LogP contribution in [0.5, 0.6) is 11.5 Å². The molecule has 0 saturated carbocycles. The van der Waals surface area contributed by atoms with Crippen molar-refractivity contribution in [2.75, 3.05) is 18.4 Å². The molecule has 26 heavy (non-hydrogen) atoms. The van der Waals surface area contributed by atoms with Gasteiger partial charge in [-0.1, -0.05) is 23.7 Å². The summed E-state index contributed by atoms with van der Waals surface area (Å²) < 4.78 is 5.72. The molecule has 0 aromatic heterocycles. The minimum Gasteiger partial charge on any atom is -0.456 e. The molecule has 2 aromatic carbocycles. The first-order valence-corrected chi connectivity index (χ1v) is 9.10. The van der Waals surface area contributed by atoms with Crippen molar-refractivity contribution in [2.45, 2.75) is 25.7 Å². The topological polar surface area (TPSA) is 58.6 Å². The van der Waals surface area contributed by atoms with Crippen molar-refractivity contribution in [3.63, 3.8) is 0 Å². The molecule has 0 unspecified atom stereocenters. The van der Waals surface area contributed by atoms with Gasteiger partial charge in [0.25, 0.3) is 0 Å². The van der Waals surface area contributed by atoms with Gasteiger partial charge in [-0.2, -0.15) is 0 Å². The zero-order chi connectivity index (χ0) is 18.4. The fraction of sp³-hybridized carbons (Fsp3) is 0.300. The second-order valence-electron chi connectivity index (χ2n) is 6.19. The number of para-hydroxylation sites is 1. The van der Waals surface area contributed by atoms with Crippen LogP contribution in [0, 0.1) is 0 Å². The fourth-order valence-electron chi connectivity index (χ4n) is 2.86. The number of rotatable bonds is 7. The van der Waals surface area contributed by atoms with Crippen LogP contribution in [0.4, 0.5) is 5.69 Å². The highest BCUT2D eigenvalue weighted by Crippen LogP contribution is 2.29. The number of halogens is 1. The Labute approximate surface area is 157 Å². The average Bonchev–Trinajstić information content (AvgIpc) is 3.04. The first-order valence-electron chi connectivity index (χ1n) is 8.72. The van der Waals surface area contributed by atoms with Gasteiger partial charge in [-0.05, 0) is 49.2 Å². The summed E-state index contributed by atoms with van der Waals surface area (Å²) >= 11 is 6.07. The van der Waals surface area contributed by atoms with Gasteiger partial charge in [0.2, 0.25) is 11.8 Å². The molecule has 6 heteroatoms. The lowest BCUT2D eigenvalue weighted by Crippen LogP contribution is -2.26. The lowest BCUT2D eigenvalue weighted by molar-refractivity contribution is -0.128. The molecule has 136 valence electrons. The third-order valence-corrected chi connectivity index (χ3v) is 4.52. The van der Waals surface area contributed by atoms with Crippen LogP contribution >= 0.6 is 11.6 Å². The van der Waals surface area contributed by atoms with Crippen molar-refractivity contribution >= 4 is 29.1 Å². The van der Waals surface area contributed by atoms with Crippen LogP contribution in [-0.2, 0) is 9.59 Å². The van der Waals surface area contributed by atoms with E-state index in [0.29, 0.717) is 48.0 Å². The van der Waals surface area contributed by atoms with Gasteiger partial charge in [-0.15, -0.1) is 0 Å². The number of likely N-dealkylation sites (tertiary alicyclic amines) is 1. The van der Waals surface area contributed by atoms with Gasteiger partial charge >= 0.3 is 0 Å². The van der Waals surface area contributed by atoms with E-state index in [-0.39, 0.29) is 11.8 Å². The van der Waals surface area contributed by atoms with E-state index in [9.17, 15) is 9.59 Å². The number of hydrogen-bond acceptors (Lipinski definition) is 3. The van der Waals surface area contributed by atoms with Gasteiger partial charge in [-0.25, -0.2) is 0 Å². The molecule has 1 fully saturated rings. The van der Waals surface area contributed by atoms with E-state index in [4.69, 9.17) is 16.3 Å². The molecule has 1 N–H and O–H groups in total. The van der Waals surface area contributed by atoms with Gasteiger partial charge < -0.3 is 15.0 Å². The summed E-state index contributed by atoms with van der Waals surface area (Å²) in [5, 5.41) is 3.40. The Morgan fingerprint density at radius 2 is 1.92 bits per heavy atom. The number of carbonyl (C=O) groups excluding carboxylic acids is 2. The number of ether oxygens (including phenoxy) is 1. The van der Waals surface area contributed by atoms with Crippen LogP contribution in [0.3, 0.4) is 0 Å². The maximum atomic E-state index is 12.0. The summed E-state index contributed by atoms with van der Waals surface area (Å²) in [7, 11) is 0. The summed E-state index contributed by atoms with van der Waals surface area (Å²) in [5.41, 5.74) is 0.707. The molecule has 2 aromatic rings. The number of amides is 2. The molecular formula is C20H21ClN2O3. The van der Waals surface area contributed by atoms with E-state index in [1.165, 1.54) is 0 Å². The van der Waals surface area contributed by atoms with Crippen molar-refractivity contribution in [3.05, 3.63) is 53.6 Å². The number of nitrogens with zero attached hydrogens (tertiary/aromatic N) is 1. The van der Waals surface area contributed by atoms with Crippen LogP contribution in [0.1, 0.15) is 25.7 Å². The number of anilines is 1. The number of hydrogen-bond donors (Lipinski definition) is 1. The second-order valence-corrected chi connectivity index (χ2v) is 6.60. The maximum Gasteiger partial charge on any atom is 0.224 e. The number of benzene rings is 2. The third kappa shape index (κ3) is 4.99. The Morgan fingerprint density at radius 1 is 1.15 bits per heavy atom. The zero-order valence-corrected chi connectivity index (χ0v) is 15.2. The first kappa shape index (κ1) is 18.3. The minimum atomic E-state index is -0.0589. The standard InChI is InChI=1S/C20H21ClN2O3/c21-17-5-1-2-6-18(17)26-16-11-9-15(10-12-16)22-19(24)7-3-13-23-14-4-8-20(23)25/h1-2,5-6,9-12H,3-4,7-8,13-14H2,(H,22,24). The smallest absolute Gasteiger partial charge is 0.224 e. The SMILES string of the molecule is O=C(CCCN1CCCC1=O)Nc1ccc(Oc2ccccc2Cl)cc1. The van der Waals surface area contributed by atoms with E-state index in [0.717, 1.165) is 13.0 Å². The molecule has 1 aliphatic rings. The average molecular weight is 373 g/mol. The van der Waals surface area contributed by atoms with Crippen LogP contribution in [0.25, 0.3) is 0 Å². The minimum absolute atomic E-state index is 0.0589. The predicted molar refractivity (Wildman–Crippen MR) is 102 cm³/mol. The van der Waals surface area contributed by atoms with Gasteiger partial charge in [0.15, 0.2) is 0 Å². The monoisotopic (exact) mass is 372 g/mol. The molecule has 0 atom stereocenters. The molecule has 0 aliphatic carbocycles. The largest absolute Gasteiger partial charge is 0.456 e. The van der Waals surface area contributed by atoms with E-state index >= 15 is 0 Å². The van der Waals surface area contributed by atoms with Crippen molar-refractivity contribution < 1.29 is 14.3 Å². The quantitative estimate of drug-likeness (QED) is 0.779. The Bertz CT molecular complexity index is 777. The molecule has 0 spiro atoms. The third-order valence-electron chi connectivity index (χ3n) is 4.21. The predicted octanol–water partition coefficient (Wildman–Crippen LogP) is 4.47. The summed E-state index contributed by atoms with van der Waals surface area (Å²) in [5.74, 6) is 1.36. The van der Waals surface area contributed by atoms with E-state index in [2.05, 4.69) is 5.32 Å². The first-order chi connectivity index (χ1) is 12.6. The summed E-state index contributed by atoms with van der Waals surface area (Å²) in [6.45, 7) is 1.46. The Kier molecular flexibility index (Phi) is 6.12. The van der Waals surface area contributed by atoms with Crippen LogP contribution in [0.2, 0.25) is 5.02 Å². The molecule has 5 nitrogen and oxygen atoms in total. The number of carbonyl (C=O) groups is 2. The van der Waals surface area contributed by atoms with Gasteiger partial charge in [0.1, 0.15) is 11.5 Å². The van der Waals surface area contributed by atoms with Crippen molar-refractivity contribution in [3.8, 4) is 11.5 Å². The molecule has 3 rings (SSSR count). The summed E-state index contributed by atoms with van der Waals surface area (Å²) in [6, 6.07) is 14.4. The maximum absolute atomic E-state index is 12.0. The Balaban J connectivity index is 1.45. The molecule has 1 aliphatic heterocycles. The Hall–Kier alpha value is -2.53. The van der Waals surface area contributed by atoms with Crippen molar-refractivity contribution in [1.29, 1.82) is 0 Å². The van der Waals surface area contributed by atoms with Crippen molar-refractivity contribution in [2.24, 2.45) is 0 Å². The highest BCUT2D eigenvalue weighted by Gasteiger charge is 2.19. The Morgan fingerprint density at radius 3 is 2.62 bits per heavy atom. The molecule has 0 bridgehead atoms.